The van der Waals surface area contributed by atoms with Gasteiger partial charge >= 0.3 is 0 Å². The fourth-order valence-corrected chi connectivity index (χ4v) is 1.90. The second-order valence-corrected chi connectivity index (χ2v) is 4.80. The lowest BCUT2D eigenvalue weighted by Crippen LogP contribution is -1.96. The van der Waals surface area contributed by atoms with Crippen LogP contribution in [0, 0.1) is 9.39 Å². The van der Waals surface area contributed by atoms with Gasteiger partial charge in [0.1, 0.15) is 0 Å². The molecular formula is C11H7ClFIN2. The number of hydrogen-bond donors (Lipinski definition) is 1. The Morgan fingerprint density at radius 3 is 2.81 bits per heavy atom. The highest BCUT2D eigenvalue weighted by Crippen LogP contribution is 2.21. The number of anilines is 2. The van der Waals surface area contributed by atoms with Gasteiger partial charge in [-0.05, 0) is 46.9 Å². The van der Waals surface area contributed by atoms with Crippen molar-refractivity contribution in [3.63, 3.8) is 0 Å². The molecule has 0 radical (unpaired) electrons. The molecule has 1 heterocycles. The van der Waals surface area contributed by atoms with Crippen LogP contribution in [0.4, 0.5) is 15.9 Å². The summed E-state index contributed by atoms with van der Waals surface area (Å²) in [4.78, 5) is 3.88. The highest BCUT2D eigenvalue weighted by molar-refractivity contribution is 14.1. The van der Waals surface area contributed by atoms with Gasteiger partial charge in [-0.3, -0.25) is 0 Å². The smallest absolute Gasteiger partial charge is 0.167 e. The van der Waals surface area contributed by atoms with E-state index in [2.05, 4.69) is 32.9 Å². The molecular weight excluding hydrogens is 341 g/mol. The van der Waals surface area contributed by atoms with Gasteiger partial charge in [0.25, 0.3) is 0 Å². The van der Waals surface area contributed by atoms with Crippen molar-refractivity contribution in [1.29, 1.82) is 0 Å². The molecule has 1 N–H and O–H groups in total. The van der Waals surface area contributed by atoms with E-state index in [9.17, 15) is 4.39 Å². The summed E-state index contributed by atoms with van der Waals surface area (Å²) in [6.07, 6.45) is 1.40. The zero-order valence-electron chi connectivity index (χ0n) is 8.05. The van der Waals surface area contributed by atoms with Crippen LogP contribution in [0.2, 0.25) is 5.02 Å². The van der Waals surface area contributed by atoms with Gasteiger partial charge in [-0.15, -0.1) is 0 Å². The van der Waals surface area contributed by atoms with Crippen molar-refractivity contribution in [2.75, 3.05) is 5.32 Å². The number of hydrogen-bond acceptors (Lipinski definition) is 2. The Morgan fingerprint density at radius 1 is 1.31 bits per heavy atom. The fraction of sp³-hybridized carbons (Fsp3) is 0. The SMILES string of the molecule is Fc1cc(Cl)cnc1Nc1cccc(I)c1. The Bertz CT molecular complexity index is 519. The number of halogens is 3. The Balaban J connectivity index is 2.27. The lowest BCUT2D eigenvalue weighted by Gasteiger charge is -2.06. The summed E-state index contributed by atoms with van der Waals surface area (Å²) in [5.41, 5.74) is 0.792. The third-order valence-corrected chi connectivity index (χ3v) is 2.77. The lowest BCUT2D eigenvalue weighted by molar-refractivity contribution is 0.626. The van der Waals surface area contributed by atoms with E-state index in [0.717, 1.165) is 9.26 Å². The van der Waals surface area contributed by atoms with Gasteiger partial charge in [-0.1, -0.05) is 17.7 Å². The predicted octanol–water partition coefficient (Wildman–Crippen LogP) is 4.22. The maximum atomic E-state index is 13.4. The van der Waals surface area contributed by atoms with E-state index in [0.29, 0.717) is 0 Å². The van der Waals surface area contributed by atoms with Gasteiger partial charge in [0.15, 0.2) is 11.6 Å². The van der Waals surface area contributed by atoms with Gasteiger partial charge in [0, 0.05) is 15.5 Å². The van der Waals surface area contributed by atoms with Gasteiger partial charge in [-0.25, -0.2) is 9.37 Å². The van der Waals surface area contributed by atoms with Crippen LogP contribution in [0.5, 0.6) is 0 Å². The molecule has 0 saturated heterocycles. The van der Waals surface area contributed by atoms with Crippen LogP contribution in [-0.2, 0) is 0 Å². The fourth-order valence-electron chi connectivity index (χ4n) is 1.21. The Labute approximate surface area is 111 Å². The standard InChI is InChI=1S/C11H7ClFIN2/c12-7-4-10(13)11(15-6-7)16-9-3-1-2-8(14)5-9/h1-6H,(H,15,16). The predicted molar refractivity (Wildman–Crippen MR) is 71.6 cm³/mol. The average Bonchev–Trinajstić information content (AvgIpc) is 2.22. The van der Waals surface area contributed by atoms with E-state index in [4.69, 9.17) is 11.6 Å². The highest BCUT2D eigenvalue weighted by Gasteiger charge is 2.04. The normalized spacial score (nSPS) is 10.2. The molecule has 0 aliphatic carbocycles. The molecule has 2 rings (SSSR count). The summed E-state index contributed by atoms with van der Waals surface area (Å²) in [7, 11) is 0. The van der Waals surface area contributed by atoms with E-state index in [1.807, 2.05) is 24.3 Å². The summed E-state index contributed by atoms with van der Waals surface area (Å²) in [6.45, 7) is 0. The first-order valence-corrected chi connectivity index (χ1v) is 5.94. The zero-order valence-corrected chi connectivity index (χ0v) is 11.0. The number of nitrogens with zero attached hydrogens (tertiary/aromatic N) is 1. The molecule has 1 aromatic heterocycles. The van der Waals surface area contributed by atoms with Gasteiger partial charge in [0.05, 0.1) is 5.02 Å². The number of benzene rings is 1. The minimum absolute atomic E-state index is 0.173. The van der Waals surface area contributed by atoms with Crippen LogP contribution in [0.3, 0.4) is 0 Å². The first-order valence-electron chi connectivity index (χ1n) is 4.49. The molecule has 0 aliphatic heterocycles. The molecule has 2 aromatic rings. The van der Waals surface area contributed by atoms with Crippen molar-refractivity contribution >= 4 is 45.7 Å². The molecule has 1 aromatic carbocycles. The summed E-state index contributed by atoms with van der Waals surface area (Å²) in [6, 6.07) is 8.81. The van der Waals surface area contributed by atoms with Crippen molar-refractivity contribution < 1.29 is 4.39 Å². The van der Waals surface area contributed by atoms with Crippen molar-refractivity contribution in [1.82, 2.24) is 4.98 Å². The van der Waals surface area contributed by atoms with Gasteiger partial charge in [-0.2, -0.15) is 0 Å². The monoisotopic (exact) mass is 348 g/mol. The molecule has 0 bridgehead atoms. The number of pyridine rings is 1. The second-order valence-electron chi connectivity index (χ2n) is 3.12. The topological polar surface area (TPSA) is 24.9 Å². The van der Waals surface area contributed by atoms with Crippen LogP contribution < -0.4 is 5.32 Å². The summed E-state index contributed by atoms with van der Waals surface area (Å²) in [5.74, 6) is -0.294. The minimum atomic E-state index is -0.466. The summed E-state index contributed by atoms with van der Waals surface area (Å²) >= 11 is 7.80. The number of rotatable bonds is 2. The molecule has 0 atom stereocenters. The lowest BCUT2D eigenvalue weighted by atomic mass is 10.3. The molecule has 0 saturated carbocycles. The molecule has 0 aliphatic rings. The van der Waals surface area contributed by atoms with Crippen LogP contribution in [0.25, 0.3) is 0 Å². The number of aromatic nitrogens is 1. The Morgan fingerprint density at radius 2 is 2.12 bits per heavy atom. The van der Waals surface area contributed by atoms with Gasteiger partial charge < -0.3 is 5.32 Å². The van der Waals surface area contributed by atoms with E-state index in [-0.39, 0.29) is 10.8 Å². The first kappa shape index (κ1) is 11.6. The quantitative estimate of drug-likeness (QED) is 0.822. The van der Waals surface area contributed by atoms with Gasteiger partial charge in [0.2, 0.25) is 0 Å². The highest BCUT2D eigenvalue weighted by atomic mass is 127. The zero-order chi connectivity index (χ0) is 11.5. The van der Waals surface area contributed by atoms with Crippen molar-refractivity contribution in [2.45, 2.75) is 0 Å². The second kappa shape index (κ2) is 4.97. The molecule has 2 nitrogen and oxygen atoms in total. The molecule has 82 valence electrons. The largest absolute Gasteiger partial charge is 0.338 e. The molecule has 5 heteroatoms. The molecule has 0 spiro atoms. The Kier molecular flexibility index (Phi) is 3.60. The maximum Gasteiger partial charge on any atom is 0.167 e. The average molecular weight is 349 g/mol. The third-order valence-electron chi connectivity index (χ3n) is 1.90. The first-order chi connectivity index (χ1) is 7.65. The summed E-state index contributed by atoms with van der Waals surface area (Å²) in [5, 5.41) is 3.17. The van der Waals surface area contributed by atoms with E-state index in [1.165, 1.54) is 12.3 Å². The molecule has 16 heavy (non-hydrogen) atoms. The molecule has 0 unspecified atom stereocenters. The Hall–Kier alpha value is -0.880. The van der Waals surface area contributed by atoms with Crippen LogP contribution in [0.15, 0.2) is 36.5 Å². The van der Waals surface area contributed by atoms with E-state index < -0.39 is 5.82 Å². The van der Waals surface area contributed by atoms with Crippen LogP contribution >= 0.6 is 34.2 Å². The number of nitrogens with one attached hydrogen (secondary N) is 1. The van der Waals surface area contributed by atoms with Crippen molar-refractivity contribution in [3.8, 4) is 0 Å². The van der Waals surface area contributed by atoms with E-state index >= 15 is 0 Å². The molecule has 0 fully saturated rings. The third kappa shape index (κ3) is 2.82. The van der Waals surface area contributed by atoms with Crippen molar-refractivity contribution in [2.24, 2.45) is 0 Å². The minimum Gasteiger partial charge on any atom is -0.338 e. The molecule has 0 amide bonds. The van der Waals surface area contributed by atoms with E-state index in [1.54, 1.807) is 0 Å². The maximum absolute atomic E-state index is 13.4. The summed E-state index contributed by atoms with van der Waals surface area (Å²) < 4.78 is 14.5. The van der Waals surface area contributed by atoms with Crippen LogP contribution in [-0.4, -0.2) is 4.98 Å². The van der Waals surface area contributed by atoms with Crippen molar-refractivity contribution in [3.05, 3.63) is 50.9 Å². The van der Waals surface area contributed by atoms with Crippen LogP contribution in [0.1, 0.15) is 0 Å².